The van der Waals surface area contributed by atoms with Crippen LogP contribution in [0.5, 0.6) is 5.75 Å². The van der Waals surface area contributed by atoms with Crippen LogP contribution >= 0.6 is 0 Å². The first kappa shape index (κ1) is 23.3. The number of fused-ring (bicyclic) bond motifs is 1. The second-order valence-corrected chi connectivity index (χ2v) is 8.88. The van der Waals surface area contributed by atoms with Gasteiger partial charge in [0, 0.05) is 16.6 Å². The zero-order chi connectivity index (χ0) is 25.2. The van der Waals surface area contributed by atoms with Crippen molar-refractivity contribution in [1.82, 2.24) is 14.8 Å². The van der Waals surface area contributed by atoms with E-state index in [0.717, 1.165) is 39.2 Å². The van der Waals surface area contributed by atoms with E-state index in [1.807, 2.05) is 92.3 Å². The van der Waals surface area contributed by atoms with Gasteiger partial charge in [0.1, 0.15) is 5.75 Å². The smallest absolute Gasteiger partial charge is 0.256 e. The third kappa shape index (κ3) is 4.58. The molecule has 0 unspecified atom stereocenters. The van der Waals surface area contributed by atoms with Crippen LogP contribution in [0, 0.1) is 20.8 Å². The fourth-order valence-corrected chi connectivity index (χ4v) is 4.27. The molecule has 0 saturated heterocycles. The lowest BCUT2D eigenvalue weighted by Crippen LogP contribution is -2.13. The number of aryl methyl sites for hydroxylation is 2. The quantitative estimate of drug-likeness (QED) is 0.297. The molecule has 0 aliphatic carbocycles. The number of hydrogen-bond acceptors (Lipinski definition) is 4. The molecule has 0 saturated carbocycles. The van der Waals surface area contributed by atoms with Crippen LogP contribution in [-0.4, -0.2) is 27.3 Å². The molecule has 36 heavy (non-hydrogen) atoms. The molecule has 1 amide bonds. The highest BCUT2D eigenvalue weighted by molar-refractivity contribution is 6.13. The minimum absolute atomic E-state index is 0.193. The lowest BCUT2D eigenvalue weighted by atomic mass is 10.0. The topological polar surface area (TPSA) is 69.0 Å². The van der Waals surface area contributed by atoms with Gasteiger partial charge in [-0.3, -0.25) is 4.79 Å². The van der Waals surface area contributed by atoms with Crippen LogP contribution in [-0.2, 0) is 0 Å². The molecule has 180 valence electrons. The summed E-state index contributed by atoms with van der Waals surface area (Å²) in [7, 11) is 0. The van der Waals surface area contributed by atoms with E-state index < -0.39 is 0 Å². The first-order valence-electron chi connectivity index (χ1n) is 12.0. The molecule has 0 atom stereocenters. The van der Waals surface area contributed by atoms with Gasteiger partial charge in [0.2, 0.25) is 0 Å². The molecule has 0 radical (unpaired) electrons. The van der Waals surface area contributed by atoms with E-state index in [1.54, 1.807) is 0 Å². The SMILES string of the molecule is CCOc1ccc(NC(=O)c2cc(-c3cnn(-c4ccc(C)cc4)c3C)nc3ccc(C)cc23)cc1. The predicted molar refractivity (Wildman–Crippen MR) is 144 cm³/mol. The highest BCUT2D eigenvalue weighted by atomic mass is 16.5. The monoisotopic (exact) mass is 476 g/mol. The Morgan fingerprint density at radius 1 is 0.917 bits per heavy atom. The maximum absolute atomic E-state index is 13.5. The van der Waals surface area contributed by atoms with Gasteiger partial charge in [-0.05, 0) is 82.3 Å². The van der Waals surface area contributed by atoms with Crippen molar-refractivity contribution in [3.05, 3.63) is 101 Å². The Kier molecular flexibility index (Phi) is 6.25. The number of rotatable bonds is 6. The maximum atomic E-state index is 13.5. The van der Waals surface area contributed by atoms with Crippen LogP contribution in [0.4, 0.5) is 5.69 Å². The molecule has 0 spiro atoms. The molecule has 1 N–H and O–H groups in total. The maximum Gasteiger partial charge on any atom is 0.256 e. The number of aromatic nitrogens is 3. The average Bonchev–Trinajstić information content (AvgIpc) is 3.26. The summed E-state index contributed by atoms with van der Waals surface area (Å²) in [6.45, 7) is 8.62. The second-order valence-electron chi connectivity index (χ2n) is 8.88. The van der Waals surface area contributed by atoms with Gasteiger partial charge < -0.3 is 10.1 Å². The number of anilines is 1. The number of ether oxygens (including phenoxy) is 1. The van der Waals surface area contributed by atoms with Crippen molar-refractivity contribution in [3.8, 4) is 22.7 Å². The summed E-state index contributed by atoms with van der Waals surface area (Å²) in [4.78, 5) is 18.4. The minimum Gasteiger partial charge on any atom is -0.494 e. The Labute approximate surface area is 210 Å². The lowest BCUT2D eigenvalue weighted by molar-refractivity contribution is 0.102. The van der Waals surface area contributed by atoms with Crippen molar-refractivity contribution in [2.24, 2.45) is 0 Å². The molecule has 6 nitrogen and oxygen atoms in total. The highest BCUT2D eigenvalue weighted by Gasteiger charge is 2.18. The van der Waals surface area contributed by atoms with Crippen LogP contribution in [0.25, 0.3) is 27.8 Å². The number of carbonyl (C=O) groups excluding carboxylic acids is 1. The first-order valence-corrected chi connectivity index (χ1v) is 12.0. The van der Waals surface area contributed by atoms with Crippen LogP contribution in [0.2, 0.25) is 0 Å². The van der Waals surface area contributed by atoms with Crippen molar-refractivity contribution in [3.63, 3.8) is 0 Å². The number of carbonyl (C=O) groups is 1. The summed E-state index contributed by atoms with van der Waals surface area (Å²) < 4.78 is 7.41. The molecule has 0 aliphatic rings. The van der Waals surface area contributed by atoms with Gasteiger partial charge in [-0.2, -0.15) is 5.10 Å². The van der Waals surface area contributed by atoms with Crippen LogP contribution in [0.15, 0.2) is 79.0 Å². The number of pyridine rings is 1. The number of benzene rings is 3. The largest absolute Gasteiger partial charge is 0.494 e. The lowest BCUT2D eigenvalue weighted by Gasteiger charge is -2.12. The Morgan fingerprint density at radius 2 is 1.64 bits per heavy atom. The zero-order valence-corrected chi connectivity index (χ0v) is 20.9. The Hall–Kier alpha value is -4.45. The molecule has 2 heterocycles. The molecule has 3 aromatic carbocycles. The van der Waals surface area contributed by atoms with Crippen LogP contribution in [0.1, 0.15) is 34.1 Å². The molecule has 0 bridgehead atoms. The van der Waals surface area contributed by atoms with Gasteiger partial charge in [0.05, 0.1) is 41.0 Å². The summed E-state index contributed by atoms with van der Waals surface area (Å²) in [6.07, 6.45) is 1.81. The van der Waals surface area contributed by atoms with Crippen LogP contribution in [0.3, 0.4) is 0 Å². The fraction of sp³-hybridized carbons (Fsp3) is 0.167. The van der Waals surface area contributed by atoms with E-state index in [-0.39, 0.29) is 5.91 Å². The third-order valence-electron chi connectivity index (χ3n) is 6.20. The first-order chi connectivity index (χ1) is 17.4. The van der Waals surface area contributed by atoms with Gasteiger partial charge in [-0.25, -0.2) is 9.67 Å². The van der Waals surface area contributed by atoms with Gasteiger partial charge >= 0.3 is 0 Å². The molecular formula is C30H28N4O2. The normalized spacial score (nSPS) is 11.0. The summed E-state index contributed by atoms with van der Waals surface area (Å²) in [5.41, 5.74) is 7.81. The Bertz CT molecular complexity index is 1550. The fourth-order valence-electron chi connectivity index (χ4n) is 4.27. The van der Waals surface area contributed by atoms with Crippen molar-refractivity contribution in [1.29, 1.82) is 0 Å². The number of amides is 1. The van der Waals surface area contributed by atoms with Gasteiger partial charge in [0.25, 0.3) is 5.91 Å². The molecule has 5 rings (SSSR count). The van der Waals surface area contributed by atoms with E-state index >= 15 is 0 Å². The molecule has 6 heteroatoms. The Morgan fingerprint density at radius 3 is 2.36 bits per heavy atom. The summed E-state index contributed by atoms with van der Waals surface area (Å²) in [5.74, 6) is 0.575. The summed E-state index contributed by atoms with van der Waals surface area (Å²) in [5, 5.41) is 8.45. The van der Waals surface area contributed by atoms with Crippen molar-refractivity contribution >= 4 is 22.5 Å². The summed E-state index contributed by atoms with van der Waals surface area (Å²) >= 11 is 0. The molecule has 0 fully saturated rings. The van der Waals surface area contributed by atoms with E-state index in [4.69, 9.17) is 9.72 Å². The summed E-state index contributed by atoms with van der Waals surface area (Å²) in [6, 6.07) is 23.4. The van der Waals surface area contributed by atoms with E-state index in [0.29, 0.717) is 23.6 Å². The zero-order valence-electron chi connectivity index (χ0n) is 20.9. The Balaban J connectivity index is 1.55. The van der Waals surface area contributed by atoms with E-state index in [2.05, 4.69) is 29.5 Å². The second kappa shape index (κ2) is 9.66. The van der Waals surface area contributed by atoms with Crippen LogP contribution < -0.4 is 10.1 Å². The standard InChI is InChI=1S/C30H28N4O2/c1-5-36-24-13-9-22(10-14-24)32-30(35)26-17-29(33-28-15-8-20(3)16-25(26)28)27-18-31-34(21(27)4)23-11-6-19(2)7-12-23/h6-18H,5H2,1-4H3,(H,32,35). The molecule has 5 aromatic rings. The van der Waals surface area contributed by atoms with Crippen molar-refractivity contribution in [2.45, 2.75) is 27.7 Å². The average molecular weight is 477 g/mol. The molecule has 2 aromatic heterocycles. The van der Waals surface area contributed by atoms with Gasteiger partial charge in [0.15, 0.2) is 0 Å². The van der Waals surface area contributed by atoms with Gasteiger partial charge in [-0.15, -0.1) is 0 Å². The molecule has 0 aliphatic heterocycles. The number of nitrogens with zero attached hydrogens (tertiary/aromatic N) is 3. The van der Waals surface area contributed by atoms with Crippen molar-refractivity contribution in [2.75, 3.05) is 11.9 Å². The molecular weight excluding hydrogens is 448 g/mol. The third-order valence-corrected chi connectivity index (χ3v) is 6.20. The predicted octanol–water partition coefficient (Wildman–Crippen LogP) is 6.66. The highest BCUT2D eigenvalue weighted by Crippen LogP contribution is 2.29. The van der Waals surface area contributed by atoms with E-state index in [9.17, 15) is 4.79 Å². The van der Waals surface area contributed by atoms with Gasteiger partial charge in [-0.1, -0.05) is 29.3 Å². The number of hydrogen-bond donors (Lipinski definition) is 1. The van der Waals surface area contributed by atoms with Crippen molar-refractivity contribution < 1.29 is 9.53 Å². The minimum atomic E-state index is -0.193. The van der Waals surface area contributed by atoms with E-state index in [1.165, 1.54) is 5.56 Å². The number of nitrogens with one attached hydrogen (secondary N) is 1.